The quantitative estimate of drug-likeness (QED) is 0.717. The normalized spacial score (nSPS) is 48.6. The number of hydrogen-bond donors (Lipinski definition) is 1. The van der Waals surface area contributed by atoms with Crippen molar-refractivity contribution in [2.75, 3.05) is 14.1 Å². The summed E-state index contributed by atoms with van der Waals surface area (Å²) >= 11 is 0. The van der Waals surface area contributed by atoms with Crippen LogP contribution in [0.4, 0.5) is 0 Å². The largest absolute Gasteiger partial charge is 0.391 e. The highest BCUT2D eigenvalue weighted by atomic mass is 16.3. The molecular weight excluding hydrogens is 186 g/mol. The molecule has 5 atom stereocenters. The van der Waals surface area contributed by atoms with Gasteiger partial charge in [-0.2, -0.15) is 0 Å². The van der Waals surface area contributed by atoms with Gasteiger partial charge in [0.1, 0.15) is 0 Å². The molecule has 2 rings (SSSR count). The second-order valence-electron chi connectivity index (χ2n) is 6.40. The molecule has 1 N–H and O–H groups in total. The van der Waals surface area contributed by atoms with E-state index in [1.165, 1.54) is 12.8 Å². The Hall–Kier alpha value is -0.0800. The standard InChI is InChI=1S/C13H25NO/c1-8-12(15)11(14(4)5)9-6-7-10(9)13(8,2)3/h8-12,15H,6-7H2,1-5H3/t8?,9-,10?,11?,12?/m0/s1. The highest BCUT2D eigenvalue weighted by Crippen LogP contribution is 2.57. The molecule has 0 aliphatic heterocycles. The van der Waals surface area contributed by atoms with Crippen LogP contribution in [-0.4, -0.2) is 36.2 Å². The first-order chi connectivity index (χ1) is 6.87. The second-order valence-corrected chi connectivity index (χ2v) is 6.40. The third kappa shape index (κ3) is 1.45. The minimum Gasteiger partial charge on any atom is -0.391 e. The first-order valence-electron chi connectivity index (χ1n) is 6.22. The highest BCUT2D eigenvalue weighted by molar-refractivity contribution is 5.07. The van der Waals surface area contributed by atoms with Crippen LogP contribution in [0.15, 0.2) is 0 Å². The van der Waals surface area contributed by atoms with Crippen LogP contribution in [0.5, 0.6) is 0 Å². The van der Waals surface area contributed by atoms with E-state index in [1.54, 1.807) is 0 Å². The predicted octanol–water partition coefficient (Wildman–Crippen LogP) is 1.98. The first-order valence-corrected chi connectivity index (χ1v) is 6.22. The molecule has 0 heterocycles. The Morgan fingerprint density at radius 3 is 2.20 bits per heavy atom. The Morgan fingerprint density at radius 1 is 1.20 bits per heavy atom. The van der Waals surface area contributed by atoms with Gasteiger partial charge < -0.3 is 10.0 Å². The van der Waals surface area contributed by atoms with Gasteiger partial charge in [0.15, 0.2) is 0 Å². The summed E-state index contributed by atoms with van der Waals surface area (Å²) in [6.07, 6.45) is 2.51. The van der Waals surface area contributed by atoms with E-state index in [0.29, 0.717) is 17.4 Å². The molecule has 2 nitrogen and oxygen atoms in total. The number of nitrogens with zero attached hydrogens (tertiary/aromatic N) is 1. The zero-order valence-corrected chi connectivity index (χ0v) is 10.7. The molecule has 88 valence electrons. The van der Waals surface area contributed by atoms with Crippen molar-refractivity contribution in [1.29, 1.82) is 0 Å². The Kier molecular flexibility index (Phi) is 2.63. The van der Waals surface area contributed by atoms with E-state index in [4.69, 9.17) is 0 Å². The van der Waals surface area contributed by atoms with E-state index < -0.39 is 0 Å². The molecular formula is C13H25NO. The lowest BCUT2D eigenvalue weighted by atomic mass is 9.48. The van der Waals surface area contributed by atoms with Crippen molar-refractivity contribution in [3.8, 4) is 0 Å². The van der Waals surface area contributed by atoms with Gasteiger partial charge in [-0.25, -0.2) is 0 Å². The number of aliphatic hydroxyl groups is 1. The Balaban J connectivity index is 2.26. The van der Waals surface area contributed by atoms with Crippen LogP contribution < -0.4 is 0 Å². The van der Waals surface area contributed by atoms with E-state index >= 15 is 0 Å². The molecule has 4 unspecified atom stereocenters. The van der Waals surface area contributed by atoms with E-state index in [-0.39, 0.29) is 6.10 Å². The lowest BCUT2D eigenvalue weighted by Crippen LogP contribution is -2.63. The van der Waals surface area contributed by atoms with Crippen molar-refractivity contribution in [2.45, 2.75) is 45.8 Å². The maximum Gasteiger partial charge on any atom is 0.0728 e. The van der Waals surface area contributed by atoms with Gasteiger partial charge in [-0.1, -0.05) is 20.8 Å². The van der Waals surface area contributed by atoms with Gasteiger partial charge in [0.2, 0.25) is 0 Å². The number of hydrogen-bond acceptors (Lipinski definition) is 2. The molecule has 2 aliphatic rings. The maximum atomic E-state index is 10.4. The fourth-order valence-electron chi connectivity index (χ4n) is 3.87. The minimum absolute atomic E-state index is 0.156. The maximum absolute atomic E-state index is 10.4. The summed E-state index contributed by atoms with van der Waals surface area (Å²) in [5.74, 6) is 1.95. The molecule has 0 aromatic heterocycles. The summed E-state index contributed by atoms with van der Waals surface area (Å²) in [7, 11) is 4.21. The molecule has 15 heavy (non-hydrogen) atoms. The lowest BCUT2D eigenvalue weighted by molar-refractivity contribution is -0.157. The molecule has 0 spiro atoms. The summed E-state index contributed by atoms with van der Waals surface area (Å²) in [5.41, 5.74) is 0.314. The second kappa shape index (κ2) is 3.46. The number of aliphatic hydroxyl groups excluding tert-OH is 1. The number of fused-ring (bicyclic) bond motifs is 1. The number of rotatable bonds is 1. The lowest BCUT2D eigenvalue weighted by Gasteiger charge is -2.61. The summed E-state index contributed by atoms with van der Waals surface area (Å²) in [6.45, 7) is 6.89. The van der Waals surface area contributed by atoms with Gasteiger partial charge in [0.25, 0.3) is 0 Å². The molecule has 0 bridgehead atoms. The zero-order chi connectivity index (χ0) is 11.4. The fourth-order valence-corrected chi connectivity index (χ4v) is 3.87. The summed E-state index contributed by atoms with van der Waals surface area (Å²) in [4.78, 5) is 2.23. The summed E-state index contributed by atoms with van der Waals surface area (Å²) in [5, 5.41) is 10.4. The van der Waals surface area contributed by atoms with Crippen molar-refractivity contribution in [3.63, 3.8) is 0 Å². The topological polar surface area (TPSA) is 23.5 Å². The summed E-state index contributed by atoms with van der Waals surface area (Å²) in [6, 6.07) is 0.381. The van der Waals surface area contributed by atoms with E-state index in [2.05, 4.69) is 39.8 Å². The minimum atomic E-state index is -0.156. The fraction of sp³-hybridized carbons (Fsp3) is 1.00. The van der Waals surface area contributed by atoms with E-state index in [0.717, 1.165) is 11.8 Å². The van der Waals surface area contributed by atoms with Crippen molar-refractivity contribution in [2.24, 2.45) is 23.2 Å². The van der Waals surface area contributed by atoms with Crippen molar-refractivity contribution >= 4 is 0 Å². The van der Waals surface area contributed by atoms with Crippen LogP contribution >= 0.6 is 0 Å². The molecule has 0 radical (unpaired) electrons. The Morgan fingerprint density at radius 2 is 1.80 bits per heavy atom. The zero-order valence-electron chi connectivity index (χ0n) is 10.7. The molecule has 2 heteroatoms. The monoisotopic (exact) mass is 211 g/mol. The molecule has 2 fully saturated rings. The van der Waals surface area contributed by atoms with Gasteiger partial charge in [-0.05, 0) is 50.1 Å². The van der Waals surface area contributed by atoms with Crippen molar-refractivity contribution in [3.05, 3.63) is 0 Å². The Labute approximate surface area is 93.7 Å². The summed E-state index contributed by atoms with van der Waals surface area (Å²) < 4.78 is 0. The molecule has 2 saturated carbocycles. The molecule has 0 saturated heterocycles. The molecule has 0 aromatic rings. The average Bonchev–Trinajstić information content (AvgIpc) is 2.06. The van der Waals surface area contributed by atoms with Crippen LogP contribution in [0, 0.1) is 23.2 Å². The van der Waals surface area contributed by atoms with Crippen molar-refractivity contribution in [1.82, 2.24) is 4.90 Å². The van der Waals surface area contributed by atoms with Gasteiger partial charge >= 0.3 is 0 Å². The van der Waals surface area contributed by atoms with Gasteiger partial charge in [0, 0.05) is 6.04 Å². The van der Waals surface area contributed by atoms with Crippen LogP contribution in [0.2, 0.25) is 0 Å². The smallest absolute Gasteiger partial charge is 0.0728 e. The third-order valence-electron chi connectivity index (χ3n) is 5.35. The van der Waals surface area contributed by atoms with Crippen LogP contribution in [0.3, 0.4) is 0 Å². The van der Waals surface area contributed by atoms with Gasteiger partial charge in [-0.3, -0.25) is 0 Å². The predicted molar refractivity (Wildman–Crippen MR) is 62.6 cm³/mol. The van der Waals surface area contributed by atoms with Crippen LogP contribution in [0.1, 0.15) is 33.6 Å². The van der Waals surface area contributed by atoms with Crippen LogP contribution in [0.25, 0.3) is 0 Å². The van der Waals surface area contributed by atoms with Crippen molar-refractivity contribution < 1.29 is 5.11 Å². The van der Waals surface area contributed by atoms with Crippen LogP contribution in [-0.2, 0) is 0 Å². The average molecular weight is 211 g/mol. The molecule has 2 aliphatic carbocycles. The number of likely N-dealkylation sites (N-methyl/N-ethyl adjacent to an activating group) is 1. The third-order valence-corrected chi connectivity index (χ3v) is 5.35. The van der Waals surface area contributed by atoms with Gasteiger partial charge in [0.05, 0.1) is 6.10 Å². The molecule has 0 aromatic carbocycles. The SMILES string of the molecule is CC1C(O)C(N(C)C)[C@H]2CCC2C1(C)C. The molecule has 0 amide bonds. The first kappa shape index (κ1) is 11.4. The van der Waals surface area contributed by atoms with E-state index in [1.807, 2.05) is 0 Å². The Bertz CT molecular complexity index is 239. The van der Waals surface area contributed by atoms with E-state index in [9.17, 15) is 5.11 Å². The highest BCUT2D eigenvalue weighted by Gasteiger charge is 2.56. The van der Waals surface area contributed by atoms with Gasteiger partial charge in [-0.15, -0.1) is 0 Å².